The fourth-order valence-electron chi connectivity index (χ4n) is 2.74. The third-order valence-corrected chi connectivity index (χ3v) is 4.78. The zero-order valence-electron chi connectivity index (χ0n) is 16.4. The molecule has 0 radical (unpaired) electrons. The zero-order valence-corrected chi connectivity index (χ0v) is 17.2. The molecule has 0 unspecified atom stereocenters. The van der Waals surface area contributed by atoms with Gasteiger partial charge in [-0.2, -0.15) is 0 Å². The molecule has 0 saturated heterocycles. The van der Waals surface area contributed by atoms with Crippen molar-refractivity contribution in [2.75, 3.05) is 25.6 Å². The van der Waals surface area contributed by atoms with Gasteiger partial charge >= 0.3 is 5.97 Å². The molecule has 1 aliphatic heterocycles. The molecule has 1 heterocycles. The Hall–Kier alpha value is -2.93. The molecule has 29 heavy (non-hydrogen) atoms. The van der Waals surface area contributed by atoms with Gasteiger partial charge in [-0.1, -0.05) is 11.6 Å². The number of esters is 1. The maximum Gasteiger partial charge on any atom is 0.339 e. The predicted octanol–water partition coefficient (Wildman–Crippen LogP) is 4.00. The Morgan fingerprint density at radius 2 is 1.86 bits per heavy atom. The van der Waals surface area contributed by atoms with Crippen molar-refractivity contribution < 1.29 is 28.5 Å². The Morgan fingerprint density at radius 3 is 2.59 bits per heavy atom. The summed E-state index contributed by atoms with van der Waals surface area (Å²) in [5.74, 6) is 0.344. The van der Waals surface area contributed by atoms with Crippen molar-refractivity contribution >= 4 is 29.2 Å². The van der Waals surface area contributed by atoms with Crippen LogP contribution >= 0.6 is 11.6 Å². The van der Waals surface area contributed by atoms with Crippen molar-refractivity contribution in [3.63, 3.8) is 0 Å². The maximum absolute atomic E-state index is 12.5. The van der Waals surface area contributed by atoms with E-state index in [0.29, 0.717) is 41.2 Å². The van der Waals surface area contributed by atoms with Crippen LogP contribution in [-0.2, 0) is 9.53 Å². The number of halogens is 1. The van der Waals surface area contributed by atoms with Crippen LogP contribution in [0.2, 0.25) is 5.02 Å². The lowest BCUT2D eigenvalue weighted by Crippen LogP contribution is -2.30. The third kappa shape index (κ3) is 4.92. The molecule has 0 saturated carbocycles. The second kappa shape index (κ2) is 9.05. The number of anilines is 1. The Labute approximate surface area is 173 Å². The summed E-state index contributed by atoms with van der Waals surface area (Å²) in [5, 5.41) is 3.22. The van der Waals surface area contributed by atoms with Gasteiger partial charge in [0.15, 0.2) is 17.6 Å². The first kappa shape index (κ1) is 20.8. The first-order chi connectivity index (χ1) is 13.9. The Kier molecular flexibility index (Phi) is 6.49. The summed E-state index contributed by atoms with van der Waals surface area (Å²) < 4.78 is 21.7. The topological polar surface area (TPSA) is 83.1 Å². The van der Waals surface area contributed by atoms with Gasteiger partial charge in [0.05, 0.1) is 31.6 Å². The van der Waals surface area contributed by atoms with E-state index in [1.54, 1.807) is 30.3 Å². The van der Waals surface area contributed by atoms with Gasteiger partial charge in [-0.05, 0) is 43.7 Å². The van der Waals surface area contributed by atoms with Gasteiger partial charge in [-0.15, -0.1) is 0 Å². The Balaban J connectivity index is 1.68. The number of nitrogens with one attached hydrogen (secondary N) is 1. The minimum atomic E-state index is -1.03. The highest BCUT2D eigenvalue weighted by molar-refractivity contribution is 6.31. The second-order valence-electron chi connectivity index (χ2n) is 6.55. The van der Waals surface area contributed by atoms with Gasteiger partial charge in [-0.25, -0.2) is 4.79 Å². The van der Waals surface area contributed by atoms with Gasteiger partial charge in [0, 0.05) is 17.5 Å². The van der Waals surface area contributed by atoms with E-state index in [-0.39, 0.29) is 5.56 Å². The number of methoxy groups -OCH3 is 1. The summed E-state index contributed by atoms with van der Waals surface area (Å²) in [6, 6.07) is 8.09. The molecule has 154 valence electrons. The monoisotopic (exact) mass is 419 g/mol. The lowest BCUT2D eigenvalue weighted by atomic mass is 10.2. The summed E-state index contributed by atoms with van der Waals surface area (Å²) >= 11 is 6.08. The average Bonchev–Trinajstić information content (AvgIpc) is 2.95. The normalized spacial score (nSPS) is 13.8. The first-order valence-corrected chi connectivity index (χ1v) is 9.52. The number of amides is 1. The Morgan fingerprint density at radius 1 is 1.14 bits per heavy atom. The van der Waals surface area contributed by atoms with E-state index < -0.39 is 18.0 Å². The molecule has 7 nitrogen and oxygen atoms in total. The summed E-state index contributed by atoms with van der Waals surface area (Å²) in [6.45, 7) is 4.37. The molecule has 2 aromatic rings. The van der Waals surface area contributed by atoms with Gasteiger partial charge in [-0.3, -0.25) is 4.79 Å². The van der Waals surface area contributed by atoms with Gasteiger partial charge in [0.2, 0.25) is 0 Å². The van der Waals surface area contributed by atoms with Crippen LogP contribution < -0.4 is 19.5 Å². The molecule has 0 spiro atoms. The molecule has 8 heteroatoms. The van der Waals surface area contributed by atoms with Gasteiger partial charge in [0.1, 0.15) is 5.75 Å². The quantitative estimate of drug-likeness (QED) is 0.737. The highest BCUT2D eigenvalue weighted by atomic mass is 35.5. The van der Waals surface area contributed by atoms with E-state index in [2.05, 4.69) is 5.32 Å². The van der Waals surface area contributed by atoms with E-state index in [9.17, 15) is 9.59 Å². The molecule has 1 N–H and O–H groups in total. The van der Waals surface area contributed by atoms with Crippen molar-refractivity contribution in [2.45, 2.75) is 26.4 Å². The molecular weight excluding hydrogens is 398 g/mol. The number of ether oxygens (including phenoxy) is 4. The number of hydrogen-bond donors (Lipinski definition) is 1. The van der Waals surface area contributed by atoms with E-state index in [1.165, 1.54) is 14.0 Å². The fraction of sp³-hybridized carbons (Fsp3) is 0.333. The lowest BCUT2D eigenvalue weighted by Gasteiger charge is -2.16. The fourth-order valence-corrected chi connectivity index (χ4v) is 2.89. The summed E-state index contributed by atoms with van der Waals surface area (Å²) in [4.78, 5) is 25.0. The van der Waals surface area contributed by atoms with Crippen LogP contribution in [0.1, 0.15) is 29.3 Å². The largest absolute Gasteiger partial charge is 0.495 e. The van der Waals surface area contributed by atoms with E-state index >= 15 is 0 Å². The molecule has 1 aliphatic rings. The summed E-state index contributed by atoms with van der Waals surface area (Å²) in [5.41, 5.74) is 1.49. The number of fused-ring (bicyclic) bond motifs is 1. The van der Waals surface area contributed by atoms with Crippen LogP contribution in [0, 0.1) is 6.92 Å². The first-order valence-electron chi connectivity index (χ1n) is 9.14. The average molecular weight is 420 g/mol. The van der Waals surface area contributed by atoms with Crippen molar-refractivity contribution in [2.24, 2.45) is 0 Å². The number of hydrogen-bond acceptors (Lipinski definition) is 6. The van der Waals surface area contributed by atoms with E-state index in [4.69, 9.17) is 30.5 Å². The van der Waals surface area contributed by atoms with Crippen LogP contribution in [0.5, 0.6) is 17.2 Å². The van der Waals surface area contributed by atoms with Gasteiger partial charge in [0.25, 0.3) is 5.91 Å². The van der Waals surface area contributed by atoms with Crippen molar-refractivity contribution in [1.29, 1.82) is 0 Å². The SMILES string of the molecule is COc1cc(Cl)c(C)cc1NC(=O)[C@@H](C)OC(=O)c1ccc2c(c1)OCCCO2. The molecule has 0 aromatic heterocycles. The summed E-state index contributed by atoms with van der Waals surface area (Å²) in [6.07, 6.45) is -0.265. The van der Waals surface area contributed by atoms with Crippen molar-refractivity contribution in [3.8, 4) is 17.2 Å². The highest BCUT2D eigenvalue weighted by Gasteiger charge is 2.22. The lowest BCUT2D eigenvalue weighted by molar-refractivity contribution is -0.123. The van der Waals surface area contributed by atoms with Crippen LogP contribution in [0.3, 0.4) is 0 Å². The molecule has 1 atom stereocenters. The highest BCUT2D eigenvalue weighted by Crippen LogP contribution is 2.32. The van der Waals surface area contributed by atoms with Crippen LogP contribution in [0.25, 0.3) is 0 Å². The number of rotatable bonds is 5. The number of aryl methyl sites for hydroxylation is 1. The minimum Gasteiger partial charge on any atom is -0.495 e. The third-order valence-electron chi connectivity index (χ3n) is 4.37. The predicted molar refractivity (Wildman–Crippen MR) is 108 cm³/mol. The number of carbonyl (C=O) groups is 2. The number of carbonyl (C=O) groups excluding carboxylic acids is 2. The molecule has 2 aromatic carbocycles. The van der Waals surface area contributed by atoms with Crippen molar-refractivity contribution in [3.05, 3.63) is 46.5 Å². The molecule has 3 rings (SSSR count). The number of benzene rings is 2. The Bertz CT molecular complexity index is 930. The smallest absolute Gasteiger partial charge is 0.339 e. The van der Waals surface area contributed by atoms with Crippen LogP contribution in [0.15, 0.2) is 30.3 Å². The van der Waals surface area contributed by atoms with Crippen LogP contribution in [-0.4, -0.2) is 38.3 Å². The van der Waals surface area contributed by atoms with E-state index in [0.717, 1.165) is 12.0 Å². The van der Waals surface area contributed by atoms with Gasteiger partial charge < -0.3 is 24.3 Å². The second-order valence-corrected chi connectivity index (χ2v) is 6.96. The molecular formula is C21H22ClNO6. The zero-order chi connectivity index (χ0) is 21.0. The van der Waals surface area contributed by atoms with E-state index in [1.807, 2.05) is 6.92 Å². The minimum absolute atomic E-state index is 0.272. The molecule has 0 fully saturated rings. The molecule has 0 bridgehead atoms. The van der Waals surface area contributed by atoms with Crippen molar-refractivity contribution in [1.82, 2.24) is 0 Å². The molecule has 1 amide bonds. The van der Waals surface area contributed by atoms with Crippen LogP contribution in [0.4, 0.5) is 5.69 Å². The molecule has 0 aliphatic carbocycles. The summed E-state index contributed by atoms with van der Waals surface area (Å²) in [7, 11) is 1.48. The maximum atomic E-state index is 12.5. The standard InChI is InChI=1S/C21H22ClNO6/c1-12-9-16(18(26-3)11-15(12)22)23-20(24)13(2)29-21(25)14-5-6-17-19(10-14)28-8-4-7-27-17/h5-6,9-11,13H,4,7-8H2,1-3H3,(H,23,24)/t13-/m1/s1.